The van der Waals surface area contributed by atoms with Crippen LogP contribution in [0.15, 0.2) is 54.6 Å². The van der Waals surface area contributed by atoms with Crippen molar-refractivity contribution >= 4 is 11.8 Å². The van der Waals surface area contributed by atoms with Crippen molar-refractivity contribution in [2.75, 3.05) is 26.2 Å². The molecule has 2 saturated heterocycles. The summed E-state index contributed by atoms with van der Waals surface area (Å²) < 4.78 is 0. The number of aryl methyl sites for hydroxylation is 1. The van der Waals surface area contributed by atoms with E-state index in [1.807, 2.05) is 36.1 Å². The zero-order valence-corrected chi connectivity index (χ0v) is 17.9. The van der Waals surface area contributed by atoms with Crippen molar-refractivity contribution < 1.29 is 9.59 Å². The lowest BCUT2D eigenvalue weighted by molar-refractivity contribution is -0.138. The molecule has 0 aliphatic carbocycles. The summed E-state index contributed by atoms with van der Waals surface area (Å²) in [5.74, 6) is 1.14. The highest BCUT2D eigenvalue weighted by Crippen LogP contribution is 2.26. The Morgan fingerprint density at radius 2 is 1.40 bits per heavy atom. The lowest BCUT2D eigenvalue weighted by Crippen LogP contribution is -2.46. The number of piperidine rings is 2. The lowest BCUT2D eigenvalue weighted by Gasteiger charge is -2.37. The minimum absolute atomic E-state index is 0.0663. The van der Waals surface area contributed by atoms with Gasteiger partial charge in [0.1, 0.15) is 0 Å². The second-order valence-corrected chi connectivity index (χ2v) is 8.84. The molecule has 2 aliphatic rings. The molecule has 0 N–H and O–H groups in total. The molecule has 0 bridgehead atoms. The van der Waals surface area contributed by atoms with Gasteiger partial charge in [-0.1, -0.05) is 48.5 Å². The van der Waals surface area contributed by atoms with Gasteiger partial charge in [0.2, 0.25) is 5.91 Å². The number of likely N-dealkylation sites (tertiary alicyclic amines) is 2. The van der Waals surface area contributed by atoms with Crippen molar-refractivity contribution in [3.63, 3.8) is 0 Å². The smallest absolute Gasteiger partial charge is 0.254 e. The standard InChI is InChI=1S/C26H32N2O2/c1-20-7-5-6-10-24(20)26(30)28-17-13-23(14-18-28)25(29)27-15-11-22(12-16-27)19-21-8-3-2-4-9-21/h2-10,22-23H,11-19H2,1H3. The highest BCUT2D eigenvalue weighted by molar-refractivity contribution is 5.95. The van der Waals surface area contributed by atoms with Crippen molar-refractivity contribution in [3.8, 4) is 0 Å². The Hall–Kier alpha value is -2.62. The summed E-state index contributed by atoms with van der Waals surface area (Å²) in [7, 11) is 0. The van der Waals surface area contributed by atoms with E-state index in [1.165, 1.54) is 5.56 Å². The molecule has 4 rings (SSSR count). The number of nitrogens with zero attached hydrogens (tertiary/aromatic N) is 2. The zero-order chi connectivity index (χ0) is 20.9. The summed E-state index contributed by atoms with van der Waals surface area (Å²) in [6, 6.07) is 18.4. The molecule has 158 valence electrons. The van der Waals surface area contributed by atoms with E-state index >= 15 is 0 Å². The Kier molecular flexibility index (Phi) is 6.51. The minimum Gasteiger partial charge on any atom is -0.342 e. The molecule has 0 unspecified atom stereocenters. The average Bonchev–Trinajstić information content (AvgIpc) is 2.80. The van der Waals surface area contributed by atoms with E-state index in [2.05, 4.69) is 35.2 Å². The van der Waals surface area contributed by atoms with Crippen molar-refractivity contribution in [2.24, 2.45) is 11.8 Å². The SMILES string of the molecule is Cc1ccccc1C(=O)N1CCC(C(=O)N2CCC(Cc3ccccc3)CC2)CC1. The molecule has 2 amide bonds. The first-order chi connectivity index (χ1) is 14.6. The van der Waals surface area contributed by atoms with Crippen molar-refractivity contribution in [3.05, 3.63) is 71.3 Å². The quantitative estimate of drug-likeness (QED) is 0.761. The van der Waals surface area contributed by atoms with Crippen LogP contribution in [-0.4, -0.2) is 47.8 Å². The largest absolute Gasteiger partial charge is 0.342 e. The molecule has 2 fully saturated rings. The molecule has 0 saturated carbocycles. The van der Waals surface area contributed by atoms with Gasteiger partial charge in [-0.25, -0.2) is 0 Å². The molecule has 2 aromatic carbocycles. The minimum atomic E-state index is 0.0663. The third-order valence-corrected chi connectivity index (χ3v) is 6.80. The van der Waals surface area contributed by atoms with Crippen molar-refractivity contribution in [2.45, 2.75) is 39.0 Å². The van der Waals surface area contributed by atoms with Gasteiger partial charge in [-0.3, -0.25) is 9.59 Å². The summed E-state index contributed by atoms with van der Waals surface area (Å²) in [5, 5.41) is 0. The van der Waals surface area contributed by atoms with Crippen molar-refractivity contribution in [1.82, 2.24) is 9.80 Å². The molecule has 0 aromatic heterocycles. The lowest BCUT2D eigenvalue weighted by atomic mass is 9.88. The van der Waals surface area contributed by atoms with Gasteiger partial charge < -0.3 is 9.80 Å². The van der Waals surface area contributed by atoms with Gasteiger partial charge in [0, 0.05) is 37.7 Å². The van der Waals surface area contributed by atoms with E-state index < -0.39 is 0 Å². The van der Waals surface area contributed by atoms with Gasteiger partial charge in [-0.05, 0) is 62.1 Å². The molecule has 30 heavy (non-hydrogen) atoms. The Labute approximate surface area is 179 Å². The molecule has 0 radical (unpaired) electrons. The van der Waals surface area contributed by atoms with E-state index in [0.717, 1.165) is 56.3 Å². The number of hydrogen-bond acceptors (Lipinski definition) is 2. The molecular weight excluding hydrogens is 372 g/mol. The summed E-state index contributed by atoms with van der Waals surface area (Å²) in [4.78, 5) is 29.8. The van der Waals surface area contributed by atoms with Crippen LogP contribution in [0.2, 0.25) is 0 Å². The number of amides is 2. The van der Waals surface area contributed by atoms with Crippen LogP contribution in [0.25, 0.3) is 0 Å². The zero-order valence-electron chi connectivity index (χ0n) is 17.9. The topological polar surface area (TPSA) is 40.6 Å². The van der Waals surface area contributed by atoms with Gasteiger partial charge >= 0.3 is 0 Å². The summed E-state index contributed by atoms with van der Waals surface area (Å²) >= 11 is 0. The molecule has 2 aliphatic heterocycles. The second kappa shape index (κ2) is 9.46. The summed E-state index contributed by atoms with van der Waals surface area (Å²) in [6.07, 6.45) is 4.85. The van der Waals surface area contributed by atoms with E-state index in [1.54, 1.807) is 0 Å². The maximum atomic E-state index is 13.0. The molecule has 2 heterocycles. The number of benzene rings is 2. The van der Waals surface area contributed by atoms with E-state index in [0.29, 0.717) is 24.9 Å². The predicted octanol–water partition coefficient (Wildman–Crippen LogP) is 4.33. The van der Waals surface area contributed by atoms with Crippen LogP contribution < -0.4 is 0 Å². The van der Waals surface area contributed by atoms with Crippen LogP contribution in [0.1, 0.15) is 47.2 Å². The monoisotopic (exact) mass is 404 g/mol. The maximum Gasteiger partial charge on any atom is 0.254 e. The number of carbonyl (C=O) groups is 2. The third-order valence-electron chi connectivity index (χ3n) is 6.80. The molecule has 0 spiro atoms. The fraction of sp³-hybridized carbons (Fsp3) is 0.462. The molecule has 4 heteroatoms. The van der Waals surface area contributed by atoms with Gasteiger partial charge in [0.05, 0.1) is 0 Å². The average molecular weight is 405 g/mol. The Balaban J connectivity index is 1.25. The number of rotatable bonds is 4. The van der Waals surface area contributed by atoms with Crippen LogP contribution in [0.3, 0.4) is 0 Å². The highest BCUT2D eigenvalue weighted by atomic mass is 16.2. The normalized spacial score (nSPS) is 18.4. The van der Waals surface area contributed by atoms with E-state index in [-0.39, 0.29) is 11.8 Å². The van der Waals surface area contributed by atoms with E-state index in [9.17, 15) is 9.59 Å². The fourth-order valence-corrected chi connectivity index (χ4v) is 4.88. The van der Waals surface area contributed by atoms with Crippen molar-refractivity contribution in [1.29, 1.82) is 0 Å². The van der Waals surface area contributed by atoms with E-state index in [4.69, 9.17) is 0 Å². The summed E-state index contributed by atoms with van der Waals surface area (Å²) in [5.41, 5.74) is 3.19. The van der Waals surface area contributed by atoms with Gasteiger partial charge in [0.15, 0.2) is 0 Å². The fourth-order valence-electron chi connectivity index (χ4n) is 4.88. The highest BCUT2D eigenvalue weighted by Gasteiger charge is 2.32. The molecule has 4 nitrogen and oxygen atoms in total. The second-order valence-electron chi connectivity index (χ2n) is 8.84. The number of carbonyl (C=O) groups excluding carboxylic acids is 2. The maximum absolute atomic E-state index is 13.0. The molecular formula is C26H32N2O2. The van der Waals surface area contributed by atoms with Gasteiger partial charge in [-0.2, -0.15) is 0 Å². The van der Waals surface area contributed by atoms with Crippen LogP contribution in [0.4, 0.5) is 0 Å². The Bertz CT molecular complexity index is 864. The molecule has 0 atom stereocenters. The summed E-state index contributed by atoms with van der Waals surface area (Å²) in [6.45, 7) is 5.07. The van der Waals surface area contributed by atoms with Gasteiger partial charge in [0.25, 0.3) is 5.91 Å². The van der Waals surface area contributed by atoms with Crippen LogP contribution in [0.5, 0.6) is 0 Å². The number of hydrogen-bond donors (Lipinski definition) is 0. The van der Waals surface area contributed by atoms with Crippen LogP contribution in [0, 0.1) is 18.8 Å². The first kappa shape index (κ1) is 20.6. The van der Waals surface area contributed by atoms with Gasteiger partial charge in [-0.15, -0.1) is 0 Å². The first-order valence-corrected chi connectivity index (χ1v) is 11.3. The first-order valence-electron chi connectivity index (χ1n) is 11.3. The Morgan fingerprint density at radius 3 is 2.07 bits per heavy atom. The molecule has 2 aromatic rings. The predicted molar refractivity (Wildman–Crippen MR) is 119 cm³/mol. The Morgan fingerprint density at radius 1 is 0.800 bits per heavy atom. The third kappa shape index (κ3) is 4.75. The van der Waals surface area contributed by atoms with Crippen LogP contribution in [-0.2, 0) is 11.2 Å². The van der Waals surface area contributed by atoms with Crippen LogP contribution >= 0.6 is 0 Å².